The SMILES string of the molecule is CCNC(=NCCS(=O)(=O)N1CCOCC1)NCCc1c[nH]c2cc(F)ccc12. The van der Waals surface area contributed by atoms with E-state index in [9.17, 15) is 12.8 Å². The van der Waals surface area contributed by atoms with E-state index in [-0.39, 0.29) is 18.1 Å². The molecule has 8 nitrogen and oxygen atoms in total. The number of benzene rings is 1. The molecule has 0 spiro atoms. The molecule has 0 bridgehead atoms. The molecular formula is C19H28FN5O3S. The summed E-state index contributed by atoms with van der Waals surface area (Å²) in [7, 11) is -3.32. The van der Waals surface area contributed by atoms with E-state index in [1.165, 1.54) is 16.4 Å². The number of aromatic nitrogens is 1. The average molecular weight is 426 g/mol. The zero-order valence-corrected chi connectivity index (χ0v) is 17.4. The summed E-state index contributed by atoms with van der Waals surface area (Å²) in [6.07, 6.45) is 2.60. The van der Waals surface area contributed by atoms with Crippen molar-refractivity contribution < 1.29 is 17.5 Å². The Kier molecular flexibility index (Phi) is 7.45. The summed E-state index contributed by atoms with van der Waals surface area (Å²) in [4.78, 5) is 7.47. The smallest absolute Gasteiger partial charge is 0.216 e. The van der Waals surface area contributed by atoms with Gasteiger partial charge in [-0.15, -0.1) is 0 Å². The predicted octanol–water partition coefficient (Wildman–Crippen LogP) is 1.07. The molecule has 0 aliphatic carbocycles. The minimum atomic E-state index is -3.32. The van der Waals surface area contributed by atoms with Crippen molar-refractivity contribution in [1.82, 2.24) is 19.9 Å². The summed E-state index contributed by atoms with van der Waals surface area (Å²) in [5, 5.41) is 7.34. The van der Waals surface area contributed by atoms with Gasteiger partial charge in [0, 0.05) is 43.3 Å². The van der Waals surface area contributed by atoms with Gasteiger partial charge in [-0.25, -0.2) is 12.8 Å². The number of fused-ring (bicyclic) bond motifs is 1. The molecule has 1 aromatic carbocycles. The van der Waals surface area contributed by atoms with Crippen molar-refractivity contribution in [2.24, 2.45) is 4.99 Å². The maximum absolute atomic E-state index is 13.3. The fourth-order valence-electron chi connectivity index (χ4n) is 3.25. The van der Waals surface area contributed by atoms with E-state index in [2.05, 4.69) is 20.6 Å². The first kappa shape index (κ1) is 21.5. The third kappa shape index (κ3) is 5.91. The lowest BCUT2D eigenvalue weighted by Crippen LogP contribution is -2.42. The van der Waals surface area contributed by atoms with Crippen LogP contribution in [0.1, 0.15) is 12.5 Å². The predicted molar refractivity (Wildman–Crippen MR) is 112 cm³/mol. The van der Waals surface area contributed by atoms with Gasteiger partial charge in [-0.05, 0) is 37.1 Å². The Balaban J connectivity index is 1.52. The van der Waals surface area contributed by atoms with Crippen LogP contribution in [0, 0.1) is 5.82 Å². The second-order valence-corrected chi connectivity index (χ2v) is 8.86. The molecule has 1 aromatic heterocycles. The van der Waals surface area contributed by atoms with Crippen molar-refractivity contribution in [2.45, 2.75) is 13.3 Å². The first-order valence-corrected chi connectivity index (χ1v) is 11.4. The number of morpholine rings is 1. The van der Waals surface area contributed by atoms with E-state index in [1.54, 1.807) is 6.07 Å². The standard InChI is InChI=1S/C19H28FN5O3S/c1-2-21-19(23-7-12-29(26,27)25-8-10-28-11-9-25)22-6-5-15-14-24-18-13-16(20)3-4-17(15)18/h3-4,13-14,24H,2,5-12H2,1H3,(H2,21,22,23). The molecule has 1 aliphatic heterocycles. The van der Waals surface area contributed by atoms with Crippen LogP contribution in [0.25, 0.3) is 10.9 Å². The molecule has 29 heavy (non-hydrogen) atoms. The number of ether oxygens (including phenoxy) is 1. The Morgan fingerprint density at radius 2 is 2.10 bits per heavy atom. The molecule has 160 valence electrons. The van der Waals surface area contributed by atoms with Crippen LogP contribution in [0.4, 0.5) is 4.39 Å². The van der Waals surface area contributed by atoms with Crippen molar-refractivity contribution in [1.29, 1.82) is 0 Å². The topological polar surface area (TPSA) is 98.8 Å². The molecule has 3 N–H and O–H groups in total. The van der Waals surface area contributed by atoms with Crippen LogP contribution < -0.4 is 10.6 Å². The quantitative estimate of drug-likeness (QED) is 0.434. The molecule has 2 heterocycles. The Bertz CT molecular complexity index is 938. The molecular weight excluding hydrogens is 397 g/mol. The van der Waals surface area contributed by atoms with Crippen molar-refractivity contribution >= 4 is 26.9 Å². The second kappa shape index (κ2) is 10.0. The highest BCUT2D eigenvalue weighted by Gasteiger charge is 2.23. The van der Waals surface area contributed by atoms with Crippen LogP contribution in [-0.4, -0.2) is 75.4 Å². The molecule has 0 amide bonds. The van der Waals surface area contributed by atoms with E-state index < -0.39 is 10.0 Å². The second-order valence-electron chi connectivity index (χ2n) is 6.77. The fourth-order valence-corrected chi connectivity index (χ4v) is 4.53. The third-order valence-corrected chi connectivity index (χ3v) is 6.59. The van der Waals surface area contributed by atoms with E-state index >= 15 is 0 Å². The van der Waals surface area contributed by atoms with E-state index in [1.807, 2.05) is 13.1 Å². The summed E-state index contributed by atoms with van der Waals surface area (Å²) >= 11 is 0. The highest BCUT2D eigenvalue weighted by Crippen LogP contribution is 2.19. The molecule has 0 radical (unpaired) electrons. The van der Waals surface area contributed by atoms with Crippen LogP contribution in [0.5, 0.6) is 0 Å². The molecule has 0 saturated carbocycles. The van der Waals surface area contributed by atoms with Gasteiger partial charge in [0.1, 0.15) is 5.82 Å². The van der Waals surface area contributed by atoms with Gasteiger partial charge < -0.3 is 20.4 Å². The number of halogens is 1. The highest BCUT2D eigenvalue weighted by atomic mass is 32.2. The maximum atomic E-state index is 13.3. The molecule has 0 unspecified atom stereocenters. The summed E-state index contributed by atoms with van der Waals surface area (Å²) in [5.74, 6) is 0.283. The number of hydrogen-bond donors (Lipinski definition) is 3. The average Bonchev–Trinajstić information content (AvgIpc) is 3.10. The van der Waals surface area contributed by atoms with Gasteiger partial charge in [0.25, 0.3) is 0 Å². The summed E-state index contributed by atoms with van der Waals surface area (Å²) in [5.41, 5.74) is 1.85. The number of guanidine groups is 1. The van der Waals surface area contributed by atoms with Crippen molar-refractivity contribution in [2.75, 3.05) is 51.7 Å². The van der Waals surface area contributed by atoms with Crippen molar-refractivity contribution in [3.63, 3.8) is 0 Å². The number of aromatic amines is 1. The van der Waals surface area contributed by atoms with Gasteiger partial charge in [0.15, 0.2) is 5.96 Å². The lowest BCUT2D eigenvalue weighted by atomic mass is 10.1. The molecule has 0 atom stereocenters. The minimum absolute atomic E-state index is 0.0302. The zero-order chi connectivity index (χ0) is 20.7. The largest absolute Gasteiger partial charge is 0.379 e. The van der Waals surface area contributed by atoms with Crippen LogP contribution in [0.2, 0.25) is 0 Å². The lowest BCUT2D eigenvalue weighted by molar-refractivity contribution is 0.0731. The van der Waals surface area contributed by atoms with Crippen LogP contribution in [-0.2, 0) is 21.2 Å². The summed E-state index contributed by atoms with van der Waals surface area (Å²) < 4.78 is 44.7. The molecule has 1 fully saturated rings. The van der Waals surface area contributed by atoms with Crippen molar-refractivity contribution in [3.8, 4) is 0 Å². The lowest BCUT2D eigenvalue weighted by Gasteiger charge is -2.25. The molecule has 2 aromatic rings. The number of sulfonamides is 1. The van der Waals surface area contributed by atoms with E-state index in [4.69, 9.17) is 4.74 Å². The number of H-pyrrole nitrogens is 1. The normalized spacial score (nSPS) is 16.3. The Hall–Kier alpha value is -2.17. The minimum Gasteiger partial charge on any atom is -0.379 e. The maximum Gasteiger partial charge on any atom is 0.216 e. The Labute approximate surface area is 170 Å². The number of nitrogens with zero attached hydrogens (tertiary/aromatic N) is 2. The number of nitrogens with one attached hydrogen (secondary N) is 3. The third-order valence-electron chi connectivity index (χ3n) is 4.74. The van der Waals surface area contributed by atoms with E-state index in [0.29, 0.717) is 45.4 Å². The monoisotopic (exact) mass is 425 g/mol. The molecule has 1 saturated heterocycles. The first-order valence-electron chi connectivity index (χ1n) is 9.83. The Morgan fingerprint density at radius 1 is 1.31 bits per heavy atom. The Morgan fingerprint density at radius 3 is 2.86 bits per heavy atom. The number of hydrogen-bond acceptors (Lipinski definition) is 4. The molecule has 10 heteroatoms. The van der Waals surface area contributed by atoms with E-state index in [0.717, 1.165) is 22.9 Å². The van der Waals surface area contributed by atoms with Crippen molar-refractivity contribution in [3.05, 3.63) is 35.8 Å². The van der Waals surface area contributed by atoms with Gasteiger partial charge in [-0.3, -0.25) is 4.99 Å². The molecule has 1 aliphatic rings. The van der Waals surface area contributed by atoms with Crippen LogP contribution in [0.3, 0.4) is 0 Å². The van der Waals surface area contributed by atoms with Gasteiger partial charge in [-0.1, -0.05) is 0 Å². The summed E-state index contributed by atoms with van der Waals surface area (Å²) in [6, 6.07) is 4.70. The van der Waals surface area contributed by atoms with Gasteiger partial charge in [0.05, 0.1) is 25.5 Å². The summed E-state index contributed by atoms with van der Waals surface area (Å²) in [6.45, 7) is 5.11. The van der Waals surface area contributed by atoms with Gasteiger partial charge in [-0.2, -0.15) is 4.31 Å². The van der Waals surface area contributed by atoms with Crippen LogP contribution >= 0.6 is 0 Å². The van der Waals surface area contributed by atoms with Gasteiger partial charge in [0.2, 0.25) is 10.0 Å². The van der Waals surface area contributed by atoms with Crippen LogP contribution in [0.15, 0.2) is 29.4 Å². The molecule has 3 rings (SSSR count). The zero-order valence-electron chi connectivity index (χ0n) is 16.6. The number of aliphatic imine (C=N–C) groups is 1. The van der Waals surface area contributed by atoms with Gasteiger partial charge >= 0.3 is 0 Å². The fraction of sp³-hybridized carbons (Fsp3) is 0.526. The number of rotatable bonds is 8. The first-order chi connectivity index (χ1) is 14.0. The highest BCUT2D eigenvalue weighted by molar-refractivity contribution is 7.89.